The second-order valence-corrected chi connectivity index (χ2v) is 3.13. The van der Waals surface area contributed by atoms with E-state index < -0.39 is 0 Å². The lowest BCUT2D eigenvalue weighted by Gasteiger charge is -1.93. The first-order valence-electron chi connectivity index (χ1n) is 3.41. The largest absolute Gasteiger partial charge is 0.506 e. The first-order chi connectivity index (χ1) is 5.74. The fraction of sp³-hybridized carbons (Fsp3) is 0.125. The molecule has 3 nitrogen and oxygen atoms in total. The predicted octanol–water partition coefficient (Wildman–Crippen LogP) is 1.17. The monoisotopic (exact) mass is 183 g/mol. The van der Waals surface area contributed by atoms with Gasteiger partial charge in [0, 0.05) is 6.08 Å². The molecule has 1 rings (SSSR count). The summed E-state index contributed by atoms with van der Waals surface area (Å²) in [6, 6.07) is 3.54. The third-order valence-corrected chi connectivity index (χ3v) is 2.16. The Hall–Kier alpha value is -1.13. The Morgan fingerprint density at radius 1 is 1.75 bits per heavy atom. The van der Waals surface area contributed by atoms with Gasteiger partial charge in [0.2, 0.25) is 0 Å². The molecule has 0 spiro atoms. The van der Waals surface area contributed by atoms with Crippen molar-refractivity contribution in [3.63, 3.8) is 0 Å². The van der Waals surface area contributed by atoms with E-state index in [1.807, 2.05) is 5.38 Å². The summed E-state index contributed by atoms with van der Waals surface area (Å²) in [7, 11) is 0. The lowest BCUT2D eigenvalue weighted by molar-refractivity contribution is -0.113. The number of hydrogen-bond acceptors (Lipinski definition) is 4. The van der Waals surface area contributed by atoms with Crippen molar-refractivity contribution in [1.82, 2.24) is 0 Å². The molecule has 4 heteroatoms. The van der Waals surface area contributed by atoms with Crippen molar-refractivity contribution < 1.29 is 9.90 Å². The van der Waals surface area contributed by atoms with Crippen LogP contribution >= 0.6 is 11.3 Å². The van der Waals surface area contributed by atoms with Gasteiger partial charge in [-0.05, 0) is 11.4 Å². The highest BCUT2D eigenvalue weighted by atomic mass is 32.1. The van der Waals surface area contributed by atoms with E-state index in [9.17, 15) is 9.90 Å². The number of carbonyl (C=O) groups is 1. The van der Waals surface area contributed by atoms with E-state index in [4.69, 9.17) is 5.73 Å². The molecule has 3 N–H and O–H groups in total. The average Bonchev–Trinajstić information content (AvgIpc) is 2.56. The van der Waals surface area contributed by atoms with Crippen molar-refractivity contribution in [2.75, 3.05) is 6.54 Å². The molecule has 0 amide bonds. The molecule has 0 saturated heterocycles. The molecule has 1 aromatic heterocycles. The van der Waals surface area contributed by atoms with Gasteiger partial charge in [0.15, 0.2) is 5.78 Å². The van der Waals surface area contributed by atoms with Crippen LogP contribution in [0.15, 0.2) is 23.6 Å². The molecule has 0 aliphatic rings. The normalized spacial score (nSPS) is 11.6. The Kier molecular flexibility index (Phi) is 3.01. The maximum absolute atomic E-state index is 10.8. The Bertz CT molecular complexity index is 290. The predicted molar refractivity (Wildman–Crippen MR) is 49.0 cm³/mol. The van der Waals surface area contributed by atoms with Gasteiger partial charge in [0.1, 0.15) is 5.76 Å². The van der Waals surface area contributed by atoms with Crippen LogP contribution in [0.5, 0.6) is 0 Å². The van der Waals surface area contributed by atoms with Gasteiger partial charge in [0.05, 0.1) is 11.4 Å². The standard InChI is InChI=1S/C8H9NO2S/c9-5-6(10)4-7(11)8-2-1-3-12-8/h1-4,11H,5,9H2/b7-4-. The molecule has 0 radical (unpaired) electrons. The van der Waals surface area contributed by atoms with Crippen LogP contribution in [0, 0.1) is 0 Å². The first kappa shape index (κ1) is 8.96. The summed E-state index contributed by atoms with van der Waals surface area (Å²) in [5.74, 6) is -0.290. The van der Waals surface area contributed by atoms with Crippen LogP contribution in [0.4, 0.5) is 0 Å². The number of aliphatic hydroxyl groups excluding tert-OH is 1. The second-order valence-electron chi connectivity index (χ2n) is 2.18. The van der Waals surface area contributed by atoms with Crippen molar-refractivity contribution in [2.45, 2.75) is 0 Å². The molecular formula is C8H9NO2S. The number of ketones is 1. The quantitative estimate of drug-likeness (QED) is 0.546. The highest BCUT2D eigenvalue weighted by Crippen LogP contribution is 2.16. The maximum Gasteiger partial charge on any atom is 0.172 e. The molecule has 0 atom stereocenters. The van der Waals surface area contributed by atoms with Crippen molar-refractivity contribution in [3.8, 4) is 0 Å². The molecule has 0 saturated carbocycles. The Labute approximate surface area is 74.1 Å². The molecule has 0 unspecified atom stereocenters. The van der Waals surface area contributed by atoms with Crippen LogP contribution in [0.3, 0.4) is 0 Å². The minimum atomic E-state index is -0.277. The number of hydrogen-bond donors (Lipinski definition) is 2. The number of rotatable bonds is 3. The van der Waals surface area contributed by atoms with Gasteiger partial charge < -0.3 is 10.8 Å². The van der Waals surface area contributed by atoms with Gasteiger partial charge in [-0.1, -0.05) is 6.07 Å². The van der Waals surface area contributed by atoms with Gasteiger partial charge in [-0.3, -0.25) is 4.79 Å². The van der Waals surface area contributed by atoms with Gasteiger partial charge in [0.25, 0.3) is 0 Å². The molecule has 1 heterocycles. The SMILES string of the molecule is NCC(=O)/C=C(\O)c1cccs1. The van der Waals surface area contributed by atoms with Crippen molar-refractivity contribution >= 4 is 22.9 Å². The summed E-state index contributed by atoms with van der Waals surface area (Å²) in [5, 5.41) is 11.1. The molecule has 1 aromatic rings. The lowest BCUT2D eigenvalue weighted by atomic mass is 10.3. The van der Waals surface area contributed by atoms with Crippen LogP contribution in [0.2, 0.25) is 0 Å². The minimum absolute atomic E-state index is 0.0135. The van der Waals surface area contributed by atoms with Crippen LogP contribution in [0.1, 0.15) is 4.88 Å². The molecule has 12 heavy (non-hydrogen) atoms. The fourth-order valence-corrected chi connectivity index (χ4v) is 1.35. The van der Waals surface area contributed by atoms with E-state index in [1.54, 1.807) is 12.1 Å². The summed E-state index contributed by atoms with van der Waals surface area (Å²) in [4.78, 5) is 11.4. The number of nitrogens with two attached hydrogens (primary N) is 1. The first-order valence-corrected chi connectivity index (χ1v) is 4.29. The minimum Gasteiger partial charge on any atom is -0.506 e. The third-order valence-electron chi connectivity index (χ3n) is 1.27. The van der Waals surface area contributed by atoms with E-state index in [0.29, 0.717) is 4.88 Å². The van der Waals surface area contributed by atoms with E-state index in [0.717, 1.165) is 6.08 Å². The van der Waals surface area contributed by atoms with E-state index in [2.05, 4.69) is 0 Å². The van der Waals surface area contributed by atoms with Crippen molar-refractivity contribution in [3.05, 3.63) is 28.5 Å². The zero-order valence-electron chi connectivity index (χ0n) is 6.36. The van der Waals surface area contributed by atoms with Gasteiger partial charge in [-0.2, -0.15) is 0 Å². The Balaban J connectivity index is 2.77. The molecule has 0 fully saturated rings. The topological polar surface area (TPSA) is 63.3 Å². The van der Waals surface area contributed by atoms with Crippen molar-refractivity contribution in [1.29, 1.82) is 0 Å². The zero-order chi connectivity index (χ0) is 8.97. The van der Waals surface area contributed by atoms with E-state index in [1.165, 1.54) is 11.3 Å². The van der Waals surface area contributed by atoms with Gasteiger partial charge in [-0.25, -0.2) is 0 Å². The van der Waals surface area contributed by atoms with Crippen LogP contribution in [-0.2, 0) is 4.79 Å². The highest BCUT2D eigenvalue weighted by molar-refractivity contribution is 7.11. The molecule has 64 valence electrons. The van der Waals surface area contributed by atoms with Crippen molar-refractivity contribution in [2.24, 2.45) is 5.73 Å². The van der Waals surface area contributed by atoms with Gasteiger partial charge in [-0.15, -0.1) is 11.3 Å². The Morgan fingerprint density at radius 2 is 2.50 bits per heavy atom. The summed E-state index contributed by atoms with van der Waals surface area (Å²) in [5.41, 5.74) is 5.07. The van der Waals surface area contributed by atoms with Crippen LogP contribution < -0.4 is 5.73 Å². The van der Waals surface area contributed by atoms with Crippen LogP contribution in [0.25, 0.3) is 5.76 Å². The Morgan fingerprint density at radius 3 is 3.00 bits per heavy atom. The number of carbonyl (C=O) groups excluding carboxylic acids is 1. The lowest BCUT2D eigenvalue weighted by Crippen LogP contribution is -2.10. The fourth-order valence-electron chi connectivity index (χ4n) is 0.707. The summed E-state index contributed by atoms with van der Waals surface area (Å²) < 4.78 is 0. The molecular weight excluding hydrogens is 174 g/mol. The van der Waals surface area contributed by atoms with E-state index in [-0.39, 0.29) is 18.1 Å². The zero-order valence-corrected chi connectivity index (χ0v) is 7.17. The molecule has 0 aliphatic heterocycles. The number of aliphatic hydroxyl groups is 1. The maximum atomic E-state index is 10.8. The van der Waals surface area contributed by atoms with Crippen LogP contribution in [-0.4, -0.2) is 17.4 Å². The molecule has 0 aliphatic carbocycles. The summed E-state index contributed by atoms with van der Waals surface area (Å²) in [6.45, 7) is -0.0740. The average molecular weight is 183 g/mol. The van der Waals surface area contributed by atoms with Gasteiger partial charge >= 0.3 is 0 Å². The summed E-state index contributed by atoms with van der Waals surface area (Å²) >= 11 is 1.37. The third kappa shape index (κ3) is 2.18. The molecule has 0 bridgehead atoms. The summed E-state index contributed by atoms with van der Waals surface area (Å²) in [6.07, 6.45) is 1.14. The highest BCUT2D eigenvalue weighted by Gasteiger charge is 2.01. The second kappa shape index (κ2) is 4.04. The smallest absolute Gasteiger partial charge is 0.172 e. The molecule has 0 aromatic carbocycles. The van der Waals surface area contributed by atoms with E-state index >= 15 is 0 Å². The number of thiophene rings is 1.